The molecule has 0 spiro atoms. The third-order valence-corrected chi connectivity index (χ3v) is 4.01. The van der Waals surface area contributed by atoms with Crippen molar-refractivity contribution in [3.8, 4) is 11.5 Å². The minimum atomic E-state index is -0.153. The number of hydrogen-bond acceptors (Lipinski definition) is 5. The van der Waals surface area contributed by atoms with E-state index in [2.05, 4.69) is 5.32 Å². The minimum Gasteiger partial charge on any atom is -0.497 e. The molecular weight excluding hydrogens is 340 g/mol. The highest BCUT2D eigenvalue weighted by molar-refractivity contribution is 7.80. The second-order valence-electron chi connectivity index (χ2n) is 5.31. The summed E-state index contributed by atoms with van der Waals surface area (Å²) in [6.45, 7) is 2.69. The van der Waals surface area contributed by atoms with Crippen LogP contribution < -0.4 is 14.8 Å². The maximum atomic E-state index is 12.2. The van der Waals surface area contributed by atoms with Gasteiger partial charge >= 0.3 is 0 Å². The van der Waals surface area contributed by atoms with Crippen molar-refractivity contribution >= 4 is 29.3 Å². The van der Waals surface area contributed by atoms with Gasteiger partial charge in [0.15, 0.2) is 5.11 Å². The quantitative estimate of drug-likeness (QED) is 0.633. The van der Waals surface area contributed by atoms with E-state index in [1.165, 1.54) is 4.90 Å². The molecular formula is C18H18N2O4S. The molecule has 7 heteroatoms. The Balaban J connectivity index is 1.63. The van der Waals surface area contributed by atoms with Crippen molar-refractivity contribution < 1.29 is 18.7 Å². The molecule has 25 heavy (non-hydrogen) atoms. The predicted molar refractivity (Wildman–Crippen MR) is 97.1 cm³/mol. The molecule has 0 radical (unpaired) electrons. The molecule has 0 atom stereocenters. The molecule has 0 bridgehead atoms. The van der Waals surface area contributed by atoms with Crippen molar-refractivity contribution in [1.82, 2.24) is 10.2 Å². The molecule has 1 fully saturated rings. The number of rotatable bonds is 6. The monoisotopic (exact) mass is 358 g/mol. The van der Waals surface area contributed by atoms with Crippen LogP contribution in [0.3, 0.4) is 0 Å². The van der Waals surface area contributed by atoms with E-state index in [1.807, 2.05) is 37.3 Å². The first-order valence-corrected chi connectivity index (χ1v) is 8.21. The number of carbonyl (C=O) groups is 1. The second-order valence-corrected chi connectivity index (χ2v) is 5.69. The molecule has 130 valence electrons. The van der Waals surface area contributed by atoms with Gasteiger partial charge in [-0.1, -0.05) is 0 Å². The molecule has 0 unspecified atom stereocenters. The van der Waals surface area contributed by atoms with Crippen LogP contribution in [0.15, 0.2) is 46.5 Å². The first-order valence-electron chi connectivity index (χ1n) is 7.81. The van der Waals surface area contributed by atoms with Crippen LogP contribution in [-0.2, 0) is 11.4 Å². The number of furan rings is 1. The number of nitrogens with one attached hydrogen (secondary N) is 1. The normalized spacial score (nSPS) is 15.6. The fourth-order valence-corrected chi connectivity index (χ4v) is 2.70. The maximum absolute atomic E-state index is 12.2. The molecule has 2 aromatic rings. The molecule has 1 aromatic carbocycles. The van der Waals surface area contributed by atoms with E-state index >= 15 is 0 Å². The Labute approximate surface area is 151 Å². The van der Waals surface area contributed by atoms with Crippen LogP contribution in [0.4, 0.5) is 0 Å². The van der Waals surface area contributed by atoms with Gasteiger partial charge in [0.2, 0.25) is 0 Å². The molecule has 1 aliphatic rings. The minimum absolute atomic E-state index is 0.153. The van der Waals surface area contributed by atoms with E-state index in [1.54, 1.807) is 19.3 Å². The van der Waals surface area contributed by atoms with E-state index in [0.717, 1.165) is 5.75 Å². The Kier molecular flexibility index (Phi) is 5.04. The van der Waals surface area contributed by atoms with Gasteiger partial charge < -0.3 is 19.2 Å². The van der Waals surface area contributed by atoms with Gasteiger partial charge in [0, 0.05) is 12.6 Å². The standard InChI is InChI=1S/C18H18N2O4S/c1-3-20-17(21)16(19-18(20)25)10-14-8-9-15(24-14)11-23-13-6-4-12(22-2)5-7-13/h4-10H,3,11H2,1-2H3,(H,19,25). The fraction of sp³-hybridized carbons (Fsp3) is 0.222. The topological polar surface area (TPSA) is 63.9 Å². The smallest absolute Gasteiger partial charge is 0.276 e. The van der Waals surface area contributed by atoms with E-state index in [-0.39, 0.29) is 12.5 Å². The molecule has 6 nitrogen and oxygen atoms in total. The number of nitrogens with zero attached hydrogens (tertiary/aromatic N) is 1. The Morgan fingerprint density at radius 2 is 1.92 bits per heavy atom. The molecule has 0 aliphatic carbocycles. The summed E-state index contributed by atoms with van der Waals surface area (Å²) in [5.74, 6) is 2.55. The van der Waals surface area contributed by atoms with Crippen molar-refractivity contribution in [2.45, 2.75) is 13.5 Å². The summed E-state index contributed by atoms with van der Waals surface area (Å²) >= 11 is 5.12. The number of thiocarbonyl (C=S) groups is 1. The van der Waals surface area contributed by atoms with Crippen LogP contribution in [-0.4, -0.2) is 29.6 Å². The van der Waals surface area contributed by atoms with Crippen molar-refractivity contribution in [1.29, 1.82) is 0 Å². The predicted octanol–water partition coefficient (Wildman–Crippen LogP) is 2.94. The zero-order chi connectivity index (χ0) is 17.8. The third-order valence-electron chi connectivity index (χ3n) is 3.69. The number of benzene rings is 1. The van der Waals surface area contributed by atoms with Gasteiger partial charge in [-0.3, -0.25) is 9.69 Å². The van der Waals surface area contributed by atoms with Gasteiger partial charge in [-0.05, 0) is 55.5 Å². The summed E-state index contributed by atoms with van der Waals surface area (Å²) in [5.41, 5.74) is 0.406. The lowest BCUT2D eigenvalue weighted by Gasteiger charge is -2.08. The van der Waals surface area contributed by atoms with Gasteiger partial charge in [-0.2, -0.15) is 0 Å². The second kappa shape index (κ2) is 7.40. The highest BCUT2D eigenvalue weighted by Gasteiger charge is 2.29. The summed E-state index contributed by atoms with van der Waals surface area (Å²) in [6, 6.07) is 10.9. The van der Waals surface area contributed by atoms with Gasteiger partial charge in [-0.15, -0.1) is 0 Å². The summed E-state index contributed by atoms with van der Waals surface area (Å²) in [4.78, 5) is 13.7. The largest absolute Gasteiger partial charge is 0.497 e. The summed E-state index contributed by atoms with van der Waals surface area (Å²) < 4.78 is 16.5. The molecule has 2 heterocycles. The summed E-state index contributed by atoms with van der Waals surface area (Å²) in [6.07, 6.45) is 1.64. The highest BCUT2D eigenvalue weighted by atomic mass is 32.1. The van der Waals surface area contributed by atoms with Gasteiger partial charge in [-0.25, -0.2) is 0 Å². The van der Waals surface area contributed by atoms with Crippen LogP contribution in [0, 0.1) is 0 Å². The van der Waals surface area contributed by atoms with Crippen LogP contribution in [0.5, 0.6) is 11.5 Å². The number of likely N-dealkylation sites (N-methyl/N-ethyl adjacent to an activating group) is 1. The van der Waals surface area contributed by atoms with E-state index in [4.69, 9.17) is 26.1 Å². The summed E-state index contributed by atoms with van der Waals surface area (Å²) in [7, 11) is 1.62. The van der Waals surface area contributed by atoms with E-state index < -0.39 is 0 Å². The Bertz CT molecular complexity index is 811. The lowest BCUT2D eigenvalue weighted by atomic mass is 10.3. The van der Waals surface area contributed by atoms with E-state index in [0.29, 0.717) is 34.6 Å². The molecule has 1 saturated heterocycles. The van der Waals surface area contributed by atoms with Gasteiger partial charge in [0.05, 0.1) is 7.11 Å². The third kappa shape index (κ3) is 3.83. The fourth-order valence-electron chi connectivity index (χ4n) is 2.38. The number of ether oxygens (including phenoxy) is 2. The molecule has 1 N–H and O–H groups in total. The Hall–Kier alpha value is -2.80. The van der Waals surface area contributed by atoms with Crippen molar-refractivity contribution in [3.05, 3.63) is 53.6 Å². The van der Waals surface area contributed by atoms with Crippen molar-refractivity contribution in [3.63, 3.8) is 0 Å². The average molecular weight is 358 g/mol. The number of hydrogen-bond donors (Lipinski definition) is 1. The molecule has 0 saturated carbocycles. The number of amides is 1. The van der Waals surface area contributed by atoms with Crippen LogP contribution in [0.2, 0.25) is 0 Å². The van der Waals surface area contributed by atoms with Crippen molar-refractivity contribution in [2.75, 3.05) is 13.7 Å². The molecule has 3 rings (SSSR count). The summed E-state index contributed by atoms with van der Waals surface area (Å²) in [5, 5.41) is 3.31. The first kappa shape index (κ1) is 17.0. The van der Waals surface area contributed by atoms with Crippen molar-refractivity contribution in [2.24, 2.45) is 0 Å². The Morgan fingerprint density at radius 3 is 2.56 bits per heavy atom. The SMILES string of the molecule is CCN1C(=O)C(=Cc2ccc(COc3ccc(OC)cc3)o2)NC1=S. The maximum Gasteiger partial charge on any atom is 0.276 e. The van der Waals surface area contributed by atoms with E-state index in [9.17, 15) is 4.79 Å². The average Bonchev–Trinajstić information content (AvgIpc) is 3.18. The zero-order valence-corrected chi connectivity index (χ0v) is 14.8. The highest BCUT2D eigenvalue weighted by Crippen LogP contribution is 2.20. The Morgan fingerprint density at radius 1 is 1.20 bits per heavy atom. The lowest BCUT2D eigenvalue weighted by Crippen LogP contribution is -2.30. The molecule has 1 aliphatic heterocycles. The van der Waals surface area contributed by atoms with Gasteiger partial charge in [0.25, 0.3) is 5.91 Å². The van der Waals surface area contributed by atoms with Crippen LogP contribution in [0.25, 0.3) is 6.08 Å². The molecule has 1 amide bonds. The van der Waals surface area contributed by atoms with Crippen LogP contribution in [0.1, 0.15) is 18.4 Å². The zero-order valence-electron chi connectivity index (χ0n) is 13.9. The number of methoxy groups -OCH3 is 1. The van der Waals surface area contributed by atoms with Crippen LogP contribution >= 0.6 is 12.2 Å². The number of carbonyl (C=O) groups excluding carboxylic acids is 1. The van der Waals surface area contributed by atoms with Gasteiger partial charge in [0.1, 0.15) is 35.3 Å². The lowest BCUT2D eigenvalue weighted by molar-refractivity contribution is -0.122. The first-order chi connectivity index (χ1) is 12.1. The molecule has 1 aromatic heterocycles.